The molecule has 26 heavy (non-hydrogen) atoms. The van der Waals surface area contributed by atoms with Crippen LogP contribution in [-0.4, -0.2) is 45.3 Å². The molecule has 0 atom stereocenters. The minimum atomic E-state index is -0.0178. The second-order valence-electron chi connectivity index (χ2n) is 6.20. The van der Waals surface area contributed by atoms with Crippen molar-refractivity contribution in [1.82, 2.24) is 5.32 Å². The summed E-state index contributed by atoms with van der Waals surface area (Å²) >= 11 is 5.88. The number of carbonyl (C=O) groups is 1. The monoisotopic (exact) mass is 373 g/mol. The van der Waals surface area contributed by atoms with Crippen molar-refractivity contribution in [2.75, 3.05) is 49.6 Å². The number of nitrogens with one attached hydrogen (secondary N) is 2. The average molecular weight is 374 g/mol. The summed E-state index contributed by atoms with van der Waals surface area (Å²) in [5.41, 5.74) is 3.24. The van der Waals surface area contributed by atoms with E-state index in [1.807, 2.05) is 42.5 Å². The first-order valence-corrected chi connectivity index (χ1v) is 9.27. The minimum absolute atomic E-state index is 0.0178. The summed E-state index contributed by atoms with van der Waals surface area (Å²) in [4.78, 5) is 14.4. The van der Waals surface area contributed by atoms with E-state index in [1.165, 1.54) is 0 Å². The van der Waals surface area contributed by atoms with Crippen LogP contribution in [0.5, 0.6) is 0 Å². The van der Waals surface area contributed by atoms with Crippen LogP contribution in [0.2, 0.25) is 5.02 Å². The maximum atomic E-state index is 12.1. The Bertz CT molecular complexity index is 715. The Morgan fingerprint density at radius 2 is 1.81 bits per heavy atom. The quantitative estimate of drug-likeness (QED) is 0.783. The van der Waals surface area contributed by atoms with Gasteiger partial charge in [0, 0.05) is 24.7 Å². The Hall–Kier alpha value is -2.24. The molecule has 1 heterocycles. The second kappa shape index (κ2) is 9.46. The highest BCUT2D eigenvalue weighted by Gasteiger charge is 2.14. The van der Waals surface area contributed by atoms with Gasteiger partial charge in [0.1, 0.15) is 0 Å². The third kappa shape index (κ3) is 5.38. The first-order valence-electron chi connectivity index (χ1n) is 8.89. The number of para-hydroxylation sites is 2. The lowest BCUT2D eigenvalue weighted by molar-refractivity contribution is -0.119. The van der Waals surface area contributed by atoms with Crippen LogP contribution in [0.25, 0.3) is 0 Å². The third-order valence-corrected chi connectivity index (χ3v) is 4.60. The molecule has 1 aliphatic heterocycles. The highest BCUT2D eigenvalue weighted by molar-refractivity contribution is 6.30. The topological polar surface area (TPSA) is 53.6 Å². The number of morpholine rings is 1. The molecule has 0 saturated carbocycles. The van der Waals surface area contributed by atoms with Gasteiger partial charge in [-0.15, -0.1) is 0 Å². The third-order valence-electron chi connectivity index (χ3n) is 4.34. The zero-order valence-electron chi connectivity index (χ0n) is 14.7. The summed E-state index contributed by atoms with van der Waals surface area (Å²) in [5.74, 6) is -0.0178. The number of carbonyl (C=O) groups excluding carboxylic acids is 1. The second-order valence-corrected chi connectivity index (χ2v) is 6.63. The summed E-state index contributed by atoms with van der Waals surface area (Å²) in [5, 5.41) is 6.92. The van der Waals surface area contributed by atoms with E-state index in [0.29, 0.717) is 6.54 Å². The smallest absolute Gasteiger partial charge is 0.239 e. The number of ether oxygens (including phenoxy) is 1. The van der Waals surface area contributed by atoms with Crippen LogP contribution in [0.1, 0.15) is 5.56 Å². The zero-order valence-corrected chi connectivity index (χ0v) is 15.5. The van der Waals surface area contributed by atoms with Gasteiger partial charge in [-0.25, -0.2) is 0 Å². The molecule has 0 unspecified atom stereocenters. The van der Waals surface area contributed by atoms with Crippen molar-refractivity contribution in [3.8, 4) is 0 Å². The maximum Gasteiger partial charge on any atom is 0.239 e. The van der Waals surface area contributed by atoms with Gasteiger partial charge in [-0.3, -0.25) is 4.79 Å². The van der Waals surface area contributed by atoms with Gasteiger partial charge in [0.15, 0.2) is 0 Å². The number of hydrogen-bond acceptors (Lipinski definition) is 4. The molecule has 138 valence electrons. The fourth-order valence-electron chi connectivity index (χ4n) is 2.94. The number of anilines is 2. The van der Waals surface area contributed by atoms with Crippen LogP contribution in [0.15, 0.2) is 48.5 Å². The van der Waals surface area contributed by atoms with Crippen molar-refractivity contribution in [2.24, 2.45) is 0 Å². The van der Waals surface area contributed by atoms with E-state index in [0.717, 1.165) is 54.7 Å². The van der Waals surface area contributed by atoms with Crippen molar-refractivity contribution < 1.29 is 9.53 Å². The Morgan fingerprint density at radius 1 is 1.08 bits per heavy atom. The summed E-state index contributed by atoms with van der Waals surface area (Å²) in [6.07, 6.45) is 0.785. The lowest BCUT2D eigenvalue weighted by atomic mass is 10.1. The van der Waals surface area contributed by atoms with Gasteiger partial charge >= 0.3 is 0 Å². The molecule has 1 saturated heterocycles. The van der Waals surface area contributed by atoms with Crippen LogP contribution < -0.4 is 15.5 Å². The van der Waals surface area contributed by atoms with Crippen molar-refractivity contribution >= 4 is 28.9 Å². The predicted octanol–water partition coefficient (Wildman–Crippen LogP) is 2.95. The number of hydrogen-bond donors (Lipinski definition) is 2. The molecule has 2 N–H and O–H groups in total. The fourth-order valence-corrected chi connectivity index (χ4v) is 3.06. The molecule has 2 aromatic rings. The number of halogens is 1. The largest absolute Gasteiger partial charge is 0.378 e. The highest BCUT2D eigenvalue weighted by Crippen LogP contribution is 2.26. The van der Waals surface area contributed by atoms with Crippen molar-refractivity contribution in [1.29, 1.82) is 0 Å². The molecular weight excluding hydrogens is 350 g/mol. The van der Waals surface area contributed by atoms with E-state index in [2.05, 4.69) is 21.6 Å². The molecule has 0 aliphatic carbocycles. The molecule has 0 bridgehead atoms. The molecule has 2 aromatic carbocycles. The molecule has 5 nitrogen and oxygen atoms in total. The molecule has 6 heteroatoms. The van der Waals surface area contributed by atoms with Gasteiger partial charge in [-0.1, -0.05) is 35.9 Å². The van der Waals surface area contributed by atoms with E-state index in [9.17, 15) is 4.79 Å². The minimum Gasteiger partial charge on any atom is -0.378 e. The van der Waals surface area contributed by atoms with E-state index < -0.39 is 0 Å². The van der Waals surface area contributed by atoms with Gasteiger partial charge in [0.05, 0.1) is 31.1 Å². The molecule has 3 rings (SSSR count). The van der Waals surface area contributed by atoms with Crippen LogP contribution in [0.3, 0.4) is 0 Å². The first kappa shape index (κ1) is 18.5. The van der Waals surface area contributed by atoms with Crippen LogP contribution >= 0.6 is 11.6 Å². The van der Waals surface area contributed by atoms with Crippen LogP contribution in [-0.2, 0) is 16.0 Å². The van der Waals surface area contributed by atoms with Gasteiger partial charge < -0.3 is 20.3 Å². The molecule has 0 aromatic heterocycles. The molecule has 1 amide bonds. The number of nitrogens with zero attached hydrogens (tertiary/aromatic N) is 1. The van der Waals surface area contributed by atoms with Gasteiger partial charge in [-0.2, -0.15) is 0 Å². The molecule has 1 aliphatic rings. The summed E-state index contributed by atoms with van der Waals surface area (Å²) in [7, 11) is 0. The number of rotatable bonds is 7. The first-order chi connectivity index (χ1) is 12.7. The maximum absolute atomic E-state index is 12.1. The Balaban J connectivity index is 1.46. The molecule has 1 fully saturated rings. The standard InChI is InChI=1S/C20H24ClN3O2/c21-17-7-5-16(6-8-17)9-10-22-20(25)15-23-18-3-1-2-4-19(18)24-11-13-26-14-12-24/h1-8,23H,9-15H2,(H,22,25). The number of amides is 1. The van der Waals surface area contributed by atoms with Crippen LogP contribution in [0, 0.1) is 0 Å². The van der Waals surface area contributed by atoms with Crippen LogP contribution in [0.4, 0.5) is 11.4 Å². The van der Waals surface area contributed by atoms with E-state index in [1.54, 1.807) is 0 Å². The SMILES string of the molecule is O=C(CNc1ccccc1N1CCOCC1)NCCc1ccc(Cl)cc1. The van der Waals surface area contributed by atoms with Gasteiger partial charge in [0.2, 0.25) is 5.91 Å². The highest BCUT2D eigenvalue weighted by atomic mass is 35.5. The van der Waals surface area contributed by atoms with Gasteiger partial charge in [0.25, 0.3) is 0 Å². The lowest BCUT2D eigenvalue weighted by Gasteiger charge is -2.30. The predicted molar refractivity (Wildman–Crippen MR) is 106 cm³/mol. The fraction of sp³-hybridized carbons (Fsp3) is 0.350. The Morgan fingerprint density at radius 3 is 2.58 bits per heavy atom. The average Bonchev–Trinajstić information content (AvgIpc) is 2.69. The van der Waals surface area contributed by atoms with Crippen molar-refractivity contribution in [3.63, 3.8) is 0 Å². The summed E-state index contributed by atoms with van der Waals surface area (Å²) < 4.78 is 5.41. The Kier molecular flexibility index (Phi) is 6.75. The zero-order chi connectivity index (χ0) is 18.2. The summed E-state index contributed by atoms with van der Waals surface area (Å²) in [6, 6.07) is 15.8. The van der Waals surface area contributed by atoms with E-state index in [-0.39, 0.29) is 12.5 Å². The van der Waals surface area contributed by atoms with E-state index >= 15 is 0 Å². The molecular formula is C20H24ClN3O2. The van der Waals surface area contributed by atoms with E-state index in [4.69, 9.17) is 16.3 Å². The van der Waals surface area contributed by atoms with Crippen molar-refractivity contribution in [3.05, 3.63) is 59.1 Å². The Labute approximate surface area is 159 Å². The molecule has 0 spiro atoms. The van der Waals surface area contributed by atoms with Crippen molar-refractivity contribution in [2.45, 2.75) is 6.42 Å². The summed E-state index contributed by atoms with van der Waals surface area (Å²) in [6.45, 7) is 4.06. The normalized spacial score (nSPS) is 14.1. The van der Waals surface area contributed by atoms with Gasteiger partial charge in [-0.05, 0) is 36.2 Å². The number of benzene rings is 2. The molecule has 0 radical (unpaired) electrons. The lowest BCUT2D eigenvalue weighted by Crippen LogP contribution is -2.37.